The van der Waals surface area contributed by atoms with Crippen molar-refractivity contribution >= 4 is 11.7 Å². The van der Waals surface area contributed by atoms with Crippen molar-refractivity contribution in [3.8, 4) is 0 Å². The molecule has 1 unspecified atom stereocenters. The summed E-state index contributed by atoms with van der Waals surface area (Å²) in [6.07, 6.45) is 2.50. The van der Waals surface area contributed by atoms with Crippen molar-refractivity contribution in [3.05, 3.63) is 23.9 Å². The van der Waals surface area contributed by atoms with Crippen LogP contribution in [-0.4, -0.2) is 49.0 Å². The van der Waals surface area contributed by atoms with Crippen LogP contribution in [0.4, 0.5) is 5.82 Å². The highest BCUT2D eigenvalue weighted by molar-refractivity contribution is 5.76. The van der Waals surface area contributed by atoms with Crippen molar-refractivity contribution in [2.45, 2.75) is 25.9 Å². The minimum atomic E-state index is 0.149. The molecular formula is C14H22N4O. The van der Waals surface area contributed by atoms with Gasteiger partial charge in [0.05, 0.1) is 0 Å². The molecule has 1 fully saturated rings. The largest absolute Gasteiger partial charge is 0.363 e. The number of pyridine rings is 1. The quantitative estimate of drug-likeness (QED) is 0.877. The third kappa shape index (κ3) is 3.67. The van der Waals surface area contributed by atoms with Crippen LogP contribution in [0.2, 0.25) is 0 Å². The molecule has 1 atom stereocenters. The number of amides is 1. The zero-order valence-electron chi connectivity index (χ0n) is 11.9. The second-order valence-corrected chi connectivity index (χ2v) is 5.29. The number of anilines is 1. The van der Waals surface area contributed by atoms with Crippen LogP contribution in [0.15, 0.2) is 18.3 Å². The van der Waals surface area contributed by atoms with E-state index in [0.717, 1.165) is 25.5 Å². The average Bonchev–Trinajstić information content (AvgIpc) is 2.55. The lowest BCUT2D eigenvalue weighted by atomic mass is 10.2. The van der Waals surface area contributed by atoms with E-state index in [4.69, 9.17) is 0 Å². The van der Waals surface area contributed by atoms with E-state index in [-0.39, 0.29) is 5.91 Å². The number of rotatable bonds is 3. The molecule has 2 heterocycles. The molecule has 1 N–H and O–H groups in total. The molecule has 0 bridgehead atoms. The highest BCUT2D eigenvalue weighted by atomic mass is 16.1. The molecule has 5 nitrogen and oxygen atoms in total. The fraction of sp³-hybridized carbons (Fsp3) is 0.571. The standard InChI is InChI=1S/C14H22N4O/c1-11-8-16-14(19)6-7-18(11)10-12-4-5-13(15-9-12)17(2)3/h4-5,9,11H,6-8,10H2,1-3H3,(H,16,19). The molecule has 1 aromatic heterocycles. The molecule has 0 aromatic carbocycles. The fourth-order valence-corrected chi connectivity index (χ4v) is 2.19. The Hall–Kier alpha value is -1.62. The molecule has 0 saturated carbocycles. The molecule has 104 valence electrons. The second-order valence-electron chi connectivity index (χ2n) is 5.29. The van der Waals surface area contributed by atoms with Gasteiger partial charge in [0.25, 0.3) is 0 Å². The van der Waals surface area contributed by atoms with Crippen LogP contribution in [0.5, 0.6) is 0 Å². The van der Waals surface area contributed by atoms with Gasteiger partial charge in [-0.2, -0.15) is 0 Å². The molecule has 1 aromatic rings. The zero-order valence-corrected chi connectivity index (χ0v) is 11.9. The minimum Gasteiger partial charge on any atom is -0.363 e. The Morgan fingerprint density at radius 1 is 1.47 bits per heavy atom. The van der Waals surface area contributed by atoms with E-state index in [1.807, 2.05) is 31.3 Å². The molecular weight excluding hydrogens is 240 g/mol. The molecule has 5 heteroatoms. The lowest BCUT2D eigenvalue weighted by Gasteiger charge is -2.26. The van der Waals surface area contributed by atoms with Crippen molar-refractivity contribution < 1.29 is 4.79 Å². The number of nitrogens with zero attached hydrogens (tertiary/aromatic N) is 3. The van der Waals surface area contributed by atoms with Crippen molar-refractivity contribution in [1.29, 1.82) is 0 Å². The van der Waals surface area contributed by atoms with Gasteiger partial charge in [-0.15, -0.1) is 0 Å². The molecule has 2 rings (SSSR count). The first kappa shape index (κ1) is 13.8. The summed E-state index contributed by atoms with van der Waals surface area (Å²) in [5.74, 6) is 1.11. The van der Waals surface area contributed by atoms with Crippen molar-refractivity contribution in [3.63, 3.8) is 0 Å². The summed E-state index contributed by atoms with van der Waals surface area (Å²) in [5, 5.41) is 2.93. The van der Waals surface area contributed by atoms with E-state index >= 15 is 0 Å². The summed E-state index contributed by atoms with van der Waals surface area (Å²) in [6, 6.07) is 4.50. The lowest BCUT2D eigenvalue weighted by Crippen LogP contribution is -2.37. The van der Waals surface area contributed by atoms with Crippen LogP contribution >= 0.6 is 0 Å². The Labute approximate surface area is 114 Å². The SMILES string of the molecule is CC1CNC(=O)CCN1Cc1ccc(N(C)C)nc1. The van der Waals surface area contributed by atoms with Crippen LogP contribution in [0.3, 0.4) is 0 Å². The van der Waals surface area contributed by atoms with Gasteiger partial charge in [0.15, 0.2) is 0 Å². The third-order valence-corrected chi connectivity index (χ3v) is 3.50. The smallest absolute Gasteiger partial charge is 0.221 e. The van der Waals surface area contributed by atoms with Crippen molar-refractivity contribution in [1.82, 2.24) is 15.2 Å². The summed E-state index contributed by atoms with van der Waals surface area (Å²) in [5.41, 5.74) is 1.19. The highest BCUT2D eigenvalue weighted by Crippen LogP contribution is 2.13. The third-order valence-electron chi connectivity index (χ3n) is 3.50. The summed E-state index contributed by atoms with van der Waals surface area (Å²) in [4.78, 5) is 20.1. The van der Waals surface area contributed by atoms with E-state index in [2.05, 4.69) is 28.2 Å². The number of nitrogens with one attached hydrogen (secondary N) is 1. The Morgan fingerprint density at radius 2 is 2.26 bits per heavy atom. The average molecular weight is 262 g/mol. The molecule has 1 saturated heterocycles. The summed E-state index contributed by atoms with van der Waals surface area (Å²) >= 11 is 0. The molecule has 1 aliphatic heterocycles. The van der Waals surface area contributed by atoms with Gasteiger partial charge < -0.3 is 10.2 Å². The van der Waals surface area contributed by atoms with E-state index in [9.17, 15) is 4.79 Å². The number of hydrogen-bond donors (Lipinski definition) is 1. The maximum absolute atomic E-state index is 11.4. The number of hydrogen-bond acceptors (Lipinski definition) is 4. The van der Waals surface area contributed by atoms with Gasteiger partial charge in [0.2, 0.25) is 5.91 Å². The van der Waals surface area contributed by atoms with Gasteiger partial charge in [0, 0.05) is 52.4 Å². The second kappa shape index (κ2) is 6.02. The number of carbonyl (C=O) groups is 1. The molecule has 0 radical (unpaired) electrons. The summed E-state index contributed by atoms with van der Waals surface area (Å²) in [7, 11) is 3.96. The number of aromatic nitrogens is 1. The van der Waals surface area contributed by atoms with Gasteiger partial charge in [-0.25, -0.2) is 4.98 Å². The van der Waals surface area contributed by atoms with E-state index in [0.29, 0.717) is 12.5 Å². The zero-order chi connectivity index (χ0) is 13.8. The maximum Gasteiger partial charge on any atom is 0.221 e. The van der Waals surface area contributed by atoms with Crippen molar-refractivity contribution in [2.75, 3.05) is 32.1 Å². The van der Waals surface area contributed by atoms with Crippen LogP contribution in [0, 0.1) is 0 Å². The molecule has 0 spiro atoms. The highest BCUT2D eigenvalue weighted by Gasteiger charge is 2.20. The van der Waals surface area contributed by atoms with Crippen LogP contribution in [0.25, 0.3) is 0 Å². The normalized spacial score (nSPS) is 20.8. The van der Waals surface area contributed by atoms with E-state index in [1.165, 1.54) is 5.56 Å². The first-order valence-electron chi connectivity index (χ1n) is 6.69. The summed E-state index contributed by atoms with van der Waals surface area (Å²) in [6.45, 7) is 4.52. The Kier molecular flexibility index (Phi) is 4.37. The Morgan fingerprint density at radius 3 is 2.89 bits per heavy atom. The fourth-order valence-electron chi connectivity index (χ4n) is 2.19. The van der Waals surface area contributed by atoms with Gasteiger partial charge in [-0.1, -0.05) is 6.07 Å². The minimum absolute atomic E-state index is 0.149. The molecule has 0 aliphatic carbocycles. The molecule has 19 heavy (non-hydrogen) atoms. The Balaban J connectivity index is 2.01. The predicted octanol–water partition coefficient (Wildman–Crippen LogP) is 0.858. The first-order chi connectivity index (χ1) is 9.06. The van der Waals surface area contributed by atoms with Gasteiger partial charge in [-0.05, 0) is 18.6 Å². The first-order valence-corrected chi connectivity index (χ1v) is 6.69. The Bertz CT molecular complexity index is 430. The predicted molar refractivity (Wildman–Crippen MR) is 76.1 cm³/mol. The number of carbonyl (C=O) groups excluding carboxylic acids is 1. The topological polar surface area (TPSA) is 48.5 Å². The maximum atomic E-state index is 11.4. The van der Waals surface area contributed by atoms with Crippen LogP contribution in [0.1, 0.15) is 18.9 Å². The van der Waals surface area contributed by atoms with E-state index < -0.39 is 0 Å². The van der Waals surface area contributed by atoms with Gasteiger partial charge in [-0.3, -0.25) is 9.69 Å². The lowest BCUT2D eigenvalue weighted by molar-refractivity contribution is -0.120. The van der Waals surface area contributed by atoms with Crippen LogP contribution < -0.4 is 10.2 Å². The monoisotopic (exact) mass is 262 g/mol. The summed E-state index contributed by atoms with van der Waals surface area (Å²) < 4.78 is 0. The van der Waals surface area contributed by atoms with Crippen LogP contribution in [-0.2, 0) is 11.3 Å². The molecule has 1 amide bonds. The van der Waals surface area contributed by atoms with E-state index in [1.54, 1.807) is 0 Å². The van der Waals surface area contributed by atoms with Gasteiger partial charge in [0.1, 0.15) is 5.82 Å². The van der Waals surface area contributed by atoms with Crippen molar-refractivity contribution in [2.24, 2.45) is 0 Å². The molecule has 1 aliphatic rings. The van der Waals surface area contributed by atoms with Gasteiger partial charge >= 0.3 is 0 Å².